The van der Waals surface area contributed by atoms with Crippen molar-refractivity contribution in [2.24, 2.45) is 0 Å². The minimum atomic E-state index is -2.95. The molecule has 0 amide bonds. The fourth-order valence-corrected chi connectivity index (χ4v) is 89.8. The summed E-state index contributed by atoms with van der Waals surface area (Å²) < 4.78 is 0.808. The van der Waals surface area contributed by atoms with E-state index in [2.05, 4.69) is 78.6 Å². The normalized spacial score (nSPS) is 22.2. The van der Waals surface area contributed by atoms with Crippen LogP contribution < -0.4 is 0 Å². The molecule has 0 N–H and O–H groups in total. The molecule has 0 saturated carbocycles. The van der Waals surface area contributed by atoms with Gasteiger partial charge in [0.05, 0.1) is 8.07 Å². The van der Waals surface area contributed by atoms with E-state index < -0.39 is 40.4 Å². The Morgan fingerprint density at radius 2 is 0.272 bits per heavy atom. The highest BCUT2D eigenvalue weighted by Gasteiger charge is 3.06. The summed E-state index contributed by atoms with van der Waals surface area (Å²) in [5.41, 5.74) is 8.14. The molecule has 2 aliphatic heterocycles. The van der Waals surface area contributed by atoms with E-state index in [9.17, 15) is 0 Å². The molecule has 0 radical (unpaired) electrons. The lowest BCUT2D eigenvalue weighted by Crippen LogP contribution is -2.74. The highest BCUT2D eigenvalue weighted by Crippen LogP contribution is 3.03. The van der Waals surface area contributed by atoms with Crippen molar-refractivity contribution >= 4 is 331 Å². The predicted molar refractivity (Wildman–Crippen MR) is 368 cm³/mol. The van der Waals surface area contributed by atoms with E-state index >= 15 is 0 Å². The molecule has 0 aromatic heterocycles. The van der Waals surface area contributed by atoms with Crippen molar-refractivity contribution in [3.63, 3.8) is 0 Å². The number of benzene rings is 18. The number of hydrogen-bond donors (Lipinski definition) is 0. The van der Waals surface area contributed by atoms with Crippen LogP contribution in [0.1, 0.15) is 35.1 Å². The van der Waals surface area contributed by atoms with Crippen LogP contribution >= 0.6 is 0 Å². The van der Waals surface area contributed by atoms with E-state index in [1.165, 1.54) is 12.8 Å². The molecule has 0 bridgehead atoms. The van der Waals surface area contributed by atoms with Crippen LogP contribution in [-0.2, 0) is 10.1 Å². The molecular formula is C76H40Si5. The highest BCUT2D eigenvalue weighted by atomic mass is 28.5. The van der Waals surface area contributed by atoms with Crippen LogP contribution in [0.15, 0.2) is 0 Å². The van der Waals surface area contributed by atoms with Gasteiger partial charge >= 0.3 is 0 Å². The monoisotopic (exact) mass is 1090 g/mol. The minimum absolute atomic E-state index is 0.00296. The fourth-order valence-electron chi connectivity index (χ4n) is 33.0. The van der Waals surface area contributed by atoms with Gasteiger partial charge in [-0.15, -0.1) is 0 Å². The Kier molecular flexibility index (Phi) is 3.40. The quantitative estimate of drug-likeness (QED) is 0.122. The van der Waals surface area contributed by atoms with E-state index in [0.29, 0.717) is 8.57 Å². The van der Waals surface area contributed by atoms with Gasteiger partial charge in [0, 0.05) is 42.4 Å². The van der Waals surface area contributed by atoms with E-state index in [4.69, 9.17) is 0 Å². The van der Waals surface area contributed by atoms with Crippen LogP contribution in [0.2, 0.25) is 87.1 Å². The highest BCUT2D eigenvalue weighted by molar-refractivity contribution is 7.34. The first kappa shape index (κ1) is 35.5. The minimum Gasteiger partial charge on any atom is -0.0696 e. The smallest absolute Gasteiger partial charge is 0.0696 e. The third-order valence-corrected chi connectivity index (χ3v) is 72.2. The molecule has 2 heterocycles. The van der Waals surface area contributed by atoms with Crippen LogP contribution in [0.4, 0.5) is 0 Å². The molecule has 6 aliphatic rings. The average molecular weight is 1090 g/mol. The molecule has 5 heteroatoms. The summed E-state index contributed by atoms with van der Waals surface area (Å²) >= 11 is 0. The topological polar surface area (TPSA) is 0 Å². The van der Waals surface area contributed by atoms with Crippen LogP contribution in [0.5, 0.6) is 0 Å². The zero-order valence-corrected chi connectivity index (χ0v) is 51.9. The summed E-state index contributed by atoms with van der Waals surface area (Å²) in [5.74, 6) is 0. The zero-order valence-electron chi connectivity index (χ0n) is 46.9. The van der Waals surface area contributed by atoms with E-state index in [1.54, 1.807) is 248 Å². The van der Waals surface area contributed by atoms with Crippen molar-refractivity contribution in [1.29, 1.82) is 0 Å². The second kappa shape index (κ2) is 7.75. The van der Waals surface area contributed by atoms with Crippen LogP contribution in [-0.4, -0.2) is 40.4 Å². The molecule has 28 aromatic carbocycles. The Morgan fingerprint density at radius 1 is 0.173 bits per heavy atom. The lowest BCUT2D eigenvalue weighted by molar-refractivity contribution is 0.731. The molecule has 28 aromatic rings. The first-order valence-corrected chi connectivity index (χ1v) is 47.7. The Hall–Kier alpha value is -6.46. The van der Waals surface area contributed by atoms with Crippen LogP contribution in [0, 0.1) is 0 Å². The zero-order chi connectivity index (χ0) is 51.4. The molecule has 34 rings (SSSR count). The summed E-state index contributed by atoms with van der Waals surface area (Å²) in [6.45, 7) is 36.5. The summed E-state index contributed by atoms with van der Waals surface area (Å²) in [7, 11) is -11.3. The van der Waals surface area contributed by atoms with Crippen LogP contribution in [0.3, 0.4) is 0 Å². The van der Waals surface area contributed by atoms with Crippen LogP contribution in [0.25, 0.3) is 291 Å². The van der Waals surface area contributed by atoms with Crippen molar-refractivity contribution in [2.45, 2.75) is 110 Å². The maximum atomic E-state index is 3.04. The van der Waals surface area contributed by atoms with Gasteiger partial charge in [0.1, 0.15) is 0 Å². The first-order chi connectivity index (χ1) is 38.9. The van der Waals surface area contributed by atoms with Gasteiger partial charge in [-0.2, -0.15) is 0 Å². The molecule has 3 spiro atoms. The van der Waals surface area contributed by atoms with Crippen molar-refractivity contribution in [2.75, 3.05) is 0 Å². The summed E-state index contributed by atoms with van der Waals surface area (Å²) in [5, 5.41) is 95.0. The number of hydrogen-bond acceptors (Lipinski definition) is 0. The molecule has 4 aliphatic carbocycles. The molecule has 0 unspecified atom stereocenters. The van der Waals surface area contributed by atoms with Gasteiger partial charge < -0.3 is 0 Å². The fraction of sp³-hybridized carbons (Fsp3) is 0.237. The van der Waals surface area contributed by atoms with E-state index in [0.717, 1.165) is 0 Å². The van der Waals surface area contributed by atoms with Gasteiger partial charge in [0.2, 0.25) is 0 Å². The average Bonchev–Trinajstić information content (AvgIpc) is 1.34. The van der Waals surface area contributed by atoms with Crippen molar-refractivity contribution in [3.8, 4) is 0 Å². The molecule has 364 valence electrons. The number of rotatable bonds is 4. The Labute approximate surface area is 460 Å². The summed E-state index contributed by atoms with van der Waals surface area (Å²) in [6.07, 6.45) is 3.04. The second-order valence-electron chi connectivity index (χ2n) is 35.3. The molecule has 81 heavy (non-hydrogen) atoms. The largest absolute Gasteiger partial charge is 0.0911 e. The second-order valence-corrected chi connectivity index (χ2v) is 64.4. The van der Waals surface area contributed by atoms with Gasteiger partial charge in [-0.25, -0.2) is 0 Å². The third-order valence-electron chi connectivity index (χ3n) is 31.7. The maximum absolute atomic E-state index is 3.04. The summed E-state index contributed by atoms with van der Waals surface area (Å²) in [6, 6.07) is 0. The Balaban J connectivity index is 1.11. The van der Waals surface area contributed by atoms with Gasteiger partial charge in [-0.3, -0.25) is 0 Å². The van der Waals surface area contributed by atoms with Crippen molar-refractivity contribution < 1.29 is 0 Å². The maximum Gasteiger partial charge on any atom is 0.0911 e. The lowest BCUT2D eigenvalue weighted by Gasteiger charge is -2.64. The van der Waals surface area contributed by atoms with E-state index in [1.807, 2.05) is 65.3 Å². The third kappa shape index (κ3) is 1.91. The lowest BCUT2D eigenvalue weighted by atomic mass is 9.68. The summed E-state index contributed by atoms with van der Waals surface area (Å²) in [4.78, 5) is 0. The van der Waals surface area contributed by atoms with Crippen molar-refractivity contribution in [1.82, 2.24) is 0 Å². The van der Waals surface area contributed by atoms with Gasteiger partial charge in [0.15, 0.2) is 0 Å². The Bertz CT molecular complexity index is 7090. The predicted octanol–water partition coefficient (Wildman–Crippen LogP) is 22.6. The SMILES string of the molecule is C[Si](C)(C)C1([Si](C)(C)C)CCC([Si](C)(C)C)([Si](C)(C)C)[Si]12C13c4c5c6c7c8c9c(c%10c%11c1c1c4c4c%12c5c5c6c6c8c8c%13c9c9c%10c%10c%11c%11c1c1c4c4c%12c%12c5c5c6c8c6c8c%13c9c9c%10c%10c%11c1c1c4c4c%12c5c6c5c8c9c%10c1c45)C732. The molecule has 0 atom stereocenters. The van der Waals surface area contributed by atoms with Gasteiger partial charge in [-0.05, 0) is 322 Å². The van der Waals surface area contributed by atoms with Gasteiger partial charge in [0.25, 0.3) is 0 Å². The first-order valence-electron chi connectivity index (χ1n) is 31.7. The molecular weight excluding hydrogens is 1050 g/mol. The van der Waals surface area contributed by atoms with E-state index in [-0.39, 0.29) is 10.1 Å². The van der Waals surface area contributed by atoms with Gasteiger partial charge in [-0.1, -0.05) is 91.4 Å². The molecule has 2 fully saturated rings. The molecule has 0 nitrogen and oxygen atoms in total. The molecule has 2 saturated heterocycles. The van der Waals surface area contributed by atoms with Crippen molar-refractivity contribution in [3.05, 3.63) is 22.3 Å². The Morgan fingerprint density at radius 3 is 0.370 bits per heavy atom. The standard InChI is InChI=1S/C76H40Si5/c1-77(2,3)73(78(4,5)6)13-14-74(79(7,8)9,80(10,11)12)81(73)75-69-61-53-43-33-25-17-15-16-19-23-21(17)29-37-31(23)41-35-27(19)28-20(16)24-22-18(15)26(25)34-40-30(22)38-32(24)42-36(28)46-45(35)55-49(41)59-51(37)57(47(53)39(29)33)65(69)67(59)71-63(55)64-56(46)50(42)60-52(38)58-48(40)54(44(34)43)62(61)70(75)66(58)68(60)72(64)76(71,75)81/h13-14H2,1-12H3.